The minimum absolute atomic E-state index is 0.0504. The summed E-state index contributed by atoms with van der Waals surface area (Å²) in [6.07, 6.45) is 7.90. The van der Waals surface area contributed by atoms with Crippen LogP contribution in [0.3, 0.4) is 0 Å². The van der Waals surface area contributed by atoms with Crippen LogP contribution in [-0.4, -0.2) is 47.4 Å². The molecule has 3 aliphatic rings. The number of rotatable bonds is 10. The molecule has 8 nitrogen and oxygen atoms in total. The number of unbranched alkanes of at least 4 members (excludes halogenated alkanes) is 3. The zero-order chi connectivity index (χ0) is 30.7. The lowest BCUT2D eigenvalue weighted by Gasteiger charge is -2.29. The van der Waals surface area contributed by atoms with Gasteiger partial charge in [-0.2, -0.15) is 0 Å². The molecule has 2 N–H and O–H groups in total. The molecule has 2 heterocycles. The number of esters is 1. The number of allylic oxidation sites excluding steroid dienone is 3. The highest BCUT2D eigenvalue weighted by atomic mass is 16.6. The minimum Gasteiger partial charge on any atom is -0.508 e. The van der Waals surface area contributed by atoms with Crippen molar-refractivity contribution in [2.45, 2.75) is 96.2 Å². The Morgan fingerprint density at radius 3 is 2.53 bits per heavy atom. The fraction of sp³-hybridized carbons (Fsp3) is 0.486. The highest BCUT2D eigenvalue weighted by Gasteiger charge is 2.42. The van der Waals surface area contributed by atoms with E-state index in [2.05, 4.69) is 6.92 Å². The summed E-state index contributed by atoms with van der Waals surface area (Å²) in [6.45, 7) is 5.92. The van der Waals surface area contributed by atoms with Gasteiger partial charge in [0.15, 0.2) is 0 Å². The molecule has 1 saturated carbocycles. The Kier molecular flexibility index (Phi) is 9.16. The quantitative estimate of drug-likeness (QED) is 0.237. The third-order valence-corrected chi connectivity index (χ3v) is 8.83. The molecule has 1 fully saturated rings. The molecule has 3 unspecified atom stereocenters. The first-order chi connectivity index (χ1) is 20.7. The van der Waals surface area contributed by atoms with Gasteiger partial charge in [0, 0.05) is 30.4 Å². The average Bonchev–Trinajstić information content (AvgIpc) is 3.43. The summed E-state index contributed by atoms with van der Waals surface area (Å²) in [5, 5.41) is 21.2. The predicted molar refractivity (Wildman–Crippen MR) is 162 cm³/mol. The number of carbonyl (C=O) groups is 2. The molecular formula is C35H42O8. The van der Waals surface area contributed by atoms with E-state index in [0.717, 1.165) is 48.0 Å². The van der Waals surface area contributed by atoms with E-state index in [1.54, 1.807) is 50.4 Å². The van der Waals surface area contributed by atoms with Crippen molar-refractivity contribution in [3.63, 3.8) is 0 Å². The molecule has 0 bridgehead atoms. The number of fused-ring (bicyclic) bond motifs is 2. The van der Waals surface area contributed by atoms with Crippen molar-refractivity contribution in [1.82, 2.24) is 0 Å². The van der Waals surface area contributed by atoms with Crippen LogP contribution in [0.1, 0.15) is 94.7 Å². The third-order valence-electron chi connectivity index (χ3n) is 8.83. The van der Waals surface area contributed by atoms with Crippen LogP contribution in [0.25, 0.3) is 5.57 Å². The molecule has 8 heteroatoms. The number of aliphatic hydroxyl groups is 1. The first-order valence-electron chi connectivity index (χ1n) is 15.4. The van der Waals surface area contributed by atoms with E-state index in [1.165, 1.54) is 0 Å². The van der Waals surface area contributed by atoms with Crippen LogP contribution in [0.4, 0.5) is 0 Å². The average molecular weight is 591 g/mol. The van der Waals surface area contributed by atoms with Crippen LogP contribution in [0.15, 0.2) is 47.7 Å². The van der Waals surface area contributed by atoms with Gasteiger partial charge in [0.1, 0.15) is 34.9 Å². The fourth-order valence-corrected chi connectivity index (χ4v) is 6.41. The Morgan fingerprint density at radius 2 is 1.84 bits per heavy atom. The molecule has 0 amide bonds. The van der Waals surface area contributed by atoms with Crippen LogP contribution in [0.5, 0.6) is 23.0 Å². The Labute approximate surface area is 253 Å². The van der Waals surface area contributed by atoms with Crippen molar-refractivity contribution in [3.8, 4) is 23.0 Å². The summed E-state index contributed by atoms with van der Waals surface area (Å²) in [4.78, 5) is 26.0. The van der Waals surface area contributed by atoms with Gasteiger partial charge in [-0.3, -0.25) is 4.79 Å². The van der Waals surface area contributed by atoms with Gasteiger partial charge < -0.3 is 29.2 Å². The van der Waals surface area contributed by atoms with E-state index < -0.39 is 17.7 Å². The Balaban J connectivity index is 1.56. The molecule has 5 rings (SSSR count). The summed E-state index contributed by atoms with van der Waals surface area (Å²) in [7, 11) is 1.60. The van der Waals surface area contributed by atoms with Gasteiger partial charge in [-0.05, 0) is 62.5 Å². The molecular weight excluding hydrogens is 548 g/mol. The zero-order valence-corrected chi connectivity index (χ0v) is 25.5. The SMILES string of the molecule is CCCCCCC(C)(O)C1Cc2c(cc3c(c2OC)C(=C2CCC(=O)C(c4ccc(O)cc4)C2)C=C(C(=O)OCC)O3)O1. The maximum atomic E-state index is 13.1. The van der Waals surface area contributed by atoms with Crippen molar-refractivity contribution in [2.24, 2.45) is 0 Å². The van der Waals surface area contributed by atoms with Crippen molar-refractivity contribution in [1.29, 1.82) is 0 Å². The maximum Gasteiger partial charge on any atom is 0.374 e. The van der Waals surface area contributed by atoms with Gasteiger partial charge in [0.05, 0.1) is 24.9 Å². The van der Waals surface area contributed by atoms with Gasteiger partial charge in [-0.1, -0.05) is 50.3 Å². The smallest absolute Gasteiger partial charge is 0.374 e. The molecule has 230 valence electrons. The van der Waals surface area contributed by atoms with Gasteiger partial charge in [0.2, 0.25) is 5.76 Å². The standard InChI is InChI=1S/C35H42O8/c1-5-7-8-9-16-35(3,39)31-19-26-28(43-31)20-29-32(33(26)40-4)25(18-30(42-29)34(38)41-6-2)22-12-15-27(37)24(17-22)21-10-13-23(36)14-11-21/h10-11,13-14,18,20,24,31,36,39H,5-9,12,15-17,19H2,1-4H3. The molecule has 1 aliphatic carbocycles. The number of benzene rings is 2. The molecule has 3 atom stereocenters. The first-order valence-corrected chi connectivity index (χ1v) is 15.4. The van der Waals surface area contributed by atoms with E-state index in [1.807, 2.05) is 6.92 Å². The van der Waals surface area contributed by atoms with E-state index >= 15 is 0 Å². The van der Waals surface area contributed by atoms with Gasteiger partial charge in [-0.25, -0.2) is 4.79 Å². The van der Waals surface area contributed by atoms with E-state index in [0.29, 0.717) is 54.9 Å². The number of hydrogen-bond acceptors (Lipinski definition) is 8. The van der Waals surface area contributed by atoms with Gasteiger partial charge >= 0.3 is 5.97 Å². The zero-order valence-electron chi connectivity index (χ0n) is 25.5. The predicted octanol–water partition coefficient (Wildman–Crippen LogP) is 6.56. The number of phenolic OH excluding ortho intramolecular Hbond substituents is 1. The number of methoxy groups -OCH3 is 1. The van der Waals surface area contributed by atoms with Crippen LogP contribution in [0.2, 0.25) is 0 Å². The van der Waals surface area contributed by atoms with Crippen LogP contribution < -0.4 is 14.2 Å². The summed E-state index contributed by atoms with van der Waals surface area (Å²) in [5.74, 6) is 0.917. The summed E-state index contributed by atoms with van der Waals surface area (Å²) in [6, 6.07) is 8.52. The number of phenols is 1. The topological polar surface area (TPSA) is 112 Å². The largest absolute Gasteiger partial charge is 0.508 e. The highest BCUT2D eigenvalue weighted by Crippen LogP contribution is 2.52. The van der Waals surface area contributed by atoms with E-state index in [4.69, 9.17) is 18.9 Å². The Hall–Kier alpha value is -3.78. The molecule has 43 heavy (non-hydrogen) atoms. The lowest BCUT2D eigenvalue weighted by atomic mass is 9.77. The van der Waals surface area contributed by atoms with Crippen molar-refractivity contribution < 1.29 is 38.7 Å². The lowest BCUT2D eigenvalue weighted by Crippen LogP contribution is -2.42. The van der Waals surface area contributed by atoms with Crippen molar-refractivity contribution >= 4 is 17.3 Å². The van der Waals surface area contributed by atoms with Crippen molar-refractivity contribution in [2.75, 3.05) is 13.7 Å². The molecule has 0 aromatic heterocycles. The molecule has 2 aromatic rings. The summed E-state index contributed by atoms with van der Waals surface area (Å²) < 4.78 is 23.8. The highest BCUT2D eigenvalue weighted by molar-refractivity contribution is 5.98. The molecule has 2 aliphatic heterocycles. The second-order valence-electron chi connectivity index (χ2n) is 11.9. The molecule has 0 radical (unpaired) electrons. The number of aromatic hydroxyl groups is 1. The minimum atomic E-state index is -1.03. The second kappa shape index (κ2) is 12.8. The molecule has 0 spiro atoms. The molecule has 0 saturated heterocycles. The van der Waals surface area contributed by atoms with Crippen LogP contribution >= 0.6 is 0 Å². The Morgan fingerprint density at radius 1 is 1.07 bits per heavy atom. The number of ether oxygens (including phenoxy) is 4. The third kappa shape index (κ3) is 6.30. The van der Waals surface area contributed by atoms with E-state index in [-0.39, 0.29) is 29.8 Å². The first kappa shape index (κ1) is 30.7. The van der Waals surface area contributed by atoms with Crippen LogP contribution in [-0.2, 0) is 20.7 Å². The van der Waals surface area contributed by atoms with Gasteiger partial charge in [-0.15, -0.1) is 0 Å². The number of carbonyl (C=O) groups excluding carboxylic acids is 2. The van der Waals surface area contributed by atoms with Crippen molar-refractivity contribution in [3.05, 3.63) is 64.4 Å². The normalized spacial score (nSPS) is 22.4. The Bertz CT molecular complexity index is 1430. The number of hydrogen-bond donors (Lipinski definition) is 2. The molecule has 2 aromatic carbocycles. The monoisotopic (exact) mass is 590 g/mol. The van der Waals surface area contributed by atoms with E-state index in [9.17, 15) is 19.8 Å². The lowest BCUT2D eigenvalue weighted by molar-refractivity contribution is -0.141. The fourth-order valence-electron chi connectivity index (χ4n) is 6.41. The van der Waals surface area contributed by atoms with Gasteiger partial charge in [0.25, 0.3) is 0 Å². The van der Waals surface area contributed by atoms with Crippen LogP contribution in [0, 0.1) is 0 Å². The maximum absolute atomic E-state index is 13.1. The number of ketones is 1. The summed E-state index contributed by atoms with van der Waals surface area (Å²) in [5.41, 5.74) is 3.12. The second-order valence-corrected chi connectivity index (χ2v) is 11.9. The number of Topliss-reactive ketones (excluding diaryl/α,β-unsaturated/α-hetero) is 1. The summed E-state index contributed by atoms with van der Waals surface area (Å²) >= 11 is 0.